The molecule has 3 rings (SSSR count). The van der Waals surface area contributed by atoms with Crippen molar-refractivity contribution in [2.45, 2.75) is 40.3 Å². The van der Waals surface area contributed by atoms with Gasteiger partial charge in [0, 0.05) is 64.5 Å². The van der Waals surface area contributed by atoms with Crippen molar-refractivity contribution in [3.8, 4) is 0 Å². The first-order chi connectivity index (χ1) is 11.4. The highest BCUT2D eigenvalue weighted by atomic mass is 16.2. The molecule has 0 spiro atoms. The van der Waals surface area contributed by atoms with Crippen molar-refractivity contribution >= 4 is 5.91 Å². The zero-order valence-corrected chi connectivity index (χ0v) is 15.5. The Balaban J connectivity index is 1.50. The molecule has 134 valence electrons. The maximum Gasteiger partial charge on any atom is 0.219 e. The first-order valence-electron chi connectivity index (χ1n) is 9.17. The number of piperazine rings is 1. The summed E-state index contributed by atoms with van der Waals surface area (Å²) < 4.78 is 2.12. The first-order valence-corrected chi connectivity index (χ1v) is 9.17. The van der Waals surface area contributed by atoms with E-state index in [2.05, 4.69) is 46.4 Å². The van der Waals surface area contributed by atoms with Crippen LogP contribution in [0, 0.1) is 19.8 Å². The van der Waals surface area contributed by atoms with Gasteiger partial charge in [0.2, 0.25) is 5.91 Å². The Morgan fingerprint density at radius 3 is 2.46 bits per heavy atom. The summed E-state index contributed by atoms with van der Waals surface area (Å²) in [5, 5.41) is 4.57. The molecule has 0 aromatic carbocycles. The van der Waals surface area contributed by atoms with Crippen molar-refractivity contribution in [1.29, 1.82) is 0 Å². The van der Waals surface area contributed by atoms with E-state index in [1.54, 1.807) is 6.92 Å². The average Bonchev–Trinajstić information content (AvgIpc) is 3.07. The number of hydrogen-bond donors (Lipinski definition) is 0. The van der Waals surface area contributed by atoms with Gasteiger partial charge < -0.3 is 4.90 Å². The molecule has 6 heteroatoms. The van der Waals surface area contributed by atoms with E-state index in [9.17, 15) is 4.79 Å². The normalized spacial score (nSPS) is 26.2. The molecule has 3 heterocycles. The Labute approximate surface area is 145 Å². The predicted octanol–water partition coefficient (Wildman–Crippen LogP) is 0.984. The Bertz CT molecular complexity index is 576. The lowest BCUT2D eigenvalue weighted by atomic mass is 10.0. The maximum atomic E-state index is 11.5. The predicted molar refractivity (Wildman–Crippen MR) is 94.9 cm³/mol. The molecule has 24 heavy (non-hydrogen) atoms. The van der Waals surface area contributed by atoms with Gasteiger partial charge in [0.1, 0.15) is 0 Å². The SMILES string of the molecule is CC(=O)N1CCN(C2CN(CCn3nc(C)cc3C)CC2C)CC1. The number of carbonyl (C=O) groups excluding carboxylic acids is 1. The fourth-order valence-electron chi connectivity index (χ4n) is 4.21. The quantitative estimate of drug-likeness (QED) is 0.824. The second-order valence-electron chi connectivity index (χ2n) is 7.50. The highest BCUT2D eigenvalue weighted by Crippen LogP contribution is 2.23. The largest absolute Gasteiger partial charge is 0.340 e. The molecule has 2 fully saturated rings. The van der Waals surface area contributed by atoms with Crippen LogP contribution in [0.2, 0.25) is 0 Å². The molecule has 1 aromatic heterocycles. The van der Waals surface area contributed by atoms with Crippen LogP contribution in [0.1, 0.15) is 25.2 Å². The number of aryl methyl sites for hydroxylation is 2. The van der Waals surface area contributed by atoms with Gasteiger partial charge in [-0.3, -0.25) is 19.3 Å². The lowest BCUT2D eigenvalue weighted by Gasteiger charge is -2.39. The van der Waals surface area contributed by atoms with Crippen LogP contribution >= 0.6 is 0 Å². The van der Waals surface area contributed by atoms with E-state index in [1.165, 1.54) is 5.69 Å². The number of amides is 1. The molecule has 0 saturated carbocycles. The van der Waals surface area contributed by atoms with Gasteiger partial charge in [0.05, 0.1) is 12.2 Å². The monoisotopic (exact) mass is 333 g/mol. The van der Waals surface area contributed by atoms with Crippen LogP contribution in [-0.4, -0.2) is 82.2 Å². The molecule has 0 bridgehead atoms. The first kappa shape index (κ1) is 17.4. The molecule has 1 amide bonds. The van der Waals surface area contributed by atoms with E-state index in [-0.39, 0.29) is 5.91 Å². The van der Waals surface area contributed by atoms with Crippen molar-refractivity contribution in [2.24, 2.45) is 5.92 Å². The summed E-state index contributed by atoms with van der Waals surface area (Å²) in [6.45, 7) is 16.3. The van der Waals surface area contributed by atoms with E-state index in [4.69, 9.17) is 0 Å². The van der Waals surface area contributed by atoms with Gasteiger partial charge in [-0.1, -0.05) is 6.92 Å². The second-order valence-corrected chi connectivity index (χ2v) is 7.50. The standard InChI is InChI=1S/C18H31N5O/c1-14-12-20(5-10-23-16(3)11-15(2)19-23)13-18(14)22-8-6-21(7-9-22)17(4)24/h11,14,18H,5-10,12-13H2,1-4H3. The molecular weight excluding hydrogens is 302 g/mol. The van der Waals surface area contributed by atoms with Crippen LogP contribution in [0.25, 0.3) is 0 Å². The Morgan fingerprint density at radius 2 is 1.88 bits per heavy atom. The fourth-order valence-corrected chi connectivity index (χ4v) is 4.21. The zero-order valence-electron chi connectivity index (χ0n) is 15.5. The lowest BCUT2D eigenvalue weighted by Crippen LogP contribution is -2.53. The van der Waals surface area contributed by atoms with Gasteiger partial charge in [0.25, 0.3) is 0 Å². The number of nitrogens with zero attached hydrogens (tertiary/aromatic N) is 5. The Morgan fingerprint density at radius 1 is 1.17 bits per heavy atom. The molecule has 0 aliphatic carbocycles. The molecule has 0 N–H and O–H groups in total. The van der Waals surface area contributed by atoms with Crippen LogP contribution in [0.3, 0.4) is 0 Å². The molecule has 2 saturated heterocycles. The van der Waals surface area contributed by atoms with Crippen molar-refractivity contribution in [3.05, 3.63) is 17.5 Å². The van der Waals surface area contributed by atoms with Crippen molar-refractivity contribution in [3.63, 3.8) is 0 Å². The third-order valence-electron chi connectivity index (χ3n) is 5.61. The summed E-state index contributed by atoms with van der Waals surface area (Å²) in [6.07, 6.45) is 0. The van der Waals surface area contributed by atoms with Crippen LogP contribution in [0.15, 0.2) is 6.07 Å². The van der Waals surface area contributed by atoms with E-state index in [0.29, 0.717) is 12.0 Å². The third kappa shape index (κ3) is 3.81. The van der Waals surface area contributed by atoms with E-state index >= 15 is 0 Å². The minimum Gasteiger partial charge on any atom is -0.340 e. The number of likely N-dealkylation sites (tertiary alicyclic amines) is 1. The van der Waals surface area contributed by atoms with Gasteiger partial charge in [0.15, 0.2) is 0 Å². The molecule has 6 nitrogen and oxygen atoms in total. The summed E-state index contributed by atoms with van der Waals surface area (Å²) in [4.78, 5) is 18.6. The third-order valence-corrected chi connectivity index (χ3v) is 5.61. The van der Waals surface area contributed by atoms with E-state index < -0.39 is 0 Å². The number of hydrogen-bond acceptors (Lipinski definition) is 4. The fraction of sp³-hybridized carbons (Fsp3) is 0.778. The molecule has 2 aliphatic heterocycles. The molecule has 2 unspecified atom stereocenters. The van der Waals surface area contributed by atoms with Crippen molar-refractivity contribution in [2.75, 3.05) is 45.8 Å². The van der Waals surface area contributed by atoms with Gasteiger partial charge >= 0.3 is 0 Å². The van der Waals surface area contributed by atoms with Crippen molar-refractivity contribution in [1.82, 2.24) is 24.5 Å². The summed E-state index contributed by atoms with van der Waals surface area (Å²) in [5.74, 6) is 0.898. The summed E-state index contributed by atoms with van der Waals surface area (Å²) in [6, 6.07) is 2.77. The topological polar surface area (TPSA) is 44.6 Å². The van der Waals surface area contributed by atoms with Crippen LogP contribution in [0.4, 0.5) is 0 Å². The van der Waals surface area contributed by atoms with Gasteiger partial charge in [-0.2, -0.15) is 5.10 Å². The molecule has 0 radical (unpaired) electrons. The van der Waals surface area contributed by atoms with Gasteiger partial charge in [-0.05, 0) is 25.8 Å². The van der Waals surface area contributed by atoms with Crippen LogP contribution in [0.5, 0.6) is 0 Å². The average molecular weight is 333 g/mol. The minimum absolute atomic E-state index is 0.209. The summed E-state index contributed by atoms with van der Waals surface area (Å²) in [5.41, 5.74) is 2.35. The minimum atomic E-state index is 0.209. The molecular formula is C18H31N5O. The smallest absolute Gasteiger partial charge is 0.219 e. The molecule has 2 atom stereocenters. The highest BCUT2D eigenvalue weighted by Gasteiger charge is 2.35. The van der Waals surface area contributed by atoms with E-state index in [1.807, 2.05) is 4.90 Å². The van der Waals surface area contributed by atoms with Crippen LogP contribution in [-0.2, 0) is 11.3 Å². The van der Waals surface area contributed by atoms with Gasteiger partial charge in [-0.15, -0.1) is 0 Å². The number of rotatable bonds is 4. The highest BCUT2D eigenvalue weighted by molar-refractivity contribution is 5.73. The number of aromatic nitrogens is 2. The molecule has 2 aliphatic rings. The van der Waals surface area contributed by atoms with Gasteiger partial charge in [-0.25, -0.2) is 0 Å². The van der Waals surface area contributed by atoms with Crippen LogP contribution < -0.4 is 0 Å². The summed E-state index contributed by atoms with van der Waals surface area (Å²) in [7, 11) is 0. The summed E-state index contributed by atoms with van der Waals surface area (Å²) >= 11 is 0. The second kappa shape index (κ2) is 7.23. The van der Waals surface area contributed by atoms with E-state index in [0.717, 1.165) is 58.1 Å². The Kier molecular flexibility index (Phi) is 5.25. The molecule has 1 aromatic rings. The lowest BCUT2D eigenvalue weighted by molar-refractivity contribution is -0.130. The zero-order chi connectivity index (χ0) is 17.3. The number of carbonyl (C=O) groups is 1. The maximum absolute atomic E-state index is 11.5. The van der Waals surface area contributed by atoms with Crippen molar-refractivity contribution < 1.29 is 4.79 Å². The Hall–Kier alpha value is -1.40.